The Labute approximate surface area is 147 Å². The van der Waals surface area contributed by atoms with Crippen LogP contribution in [-0.2, 0) is 10.5 Å². The van der Waals surface area contributed by atoms with Crippen molar-refractivity contribution in [1.29, 1.82) is 0 Å². The van der Waals surface area contributed by atoms with Gasteiger partial charge >= 0.3 is 0 Å². The number of thioether (sulfide) groups is 1. The molecule has 5 heteroatoms. The molecule has 2 bridgehead atoms. The van der Waals surface area contributed by atoms with Gasteiger partial charge in [0, 0.05) is 22.9 Å². The third-order valence-corrected chi connectivity index (χ3v) is 6.38. The molecule has 3 rings (SSSR count). The smallest absolute Gasteiger partial charge is 0.230 e. The van der Waals surface area contributed by atoms with Crippen molar-refractivity contribution >= 4 is 29.3 Å². The van der Waals surface area contributed by atoms with Gasteiger partial charge in [-0.05, 0) is 55.2 Å². The lowest BCUT2D eigenvalue weighted by molar-refractivity contribution is -0.120. The molecule has 0 saturated heterocycles. The largest absolute Gasteiger partial charge is 0.352 e. The summed E-state index contributed by atoms with van der Waals surface area (Å²) in [7, 11) is 0. The molecule has 2 saturated carbocycles. The molecule has 23 heavy (non-hydrogen) atoms. The summed E-state index contributed by atoms with van der Waals surface area (Å²) in [5.74, 6) is 2.70. The first-order chi connectivity index (χ1) is 11.1. The quantitative estimate of drug-likeness (QED) is 0.851. The number of nitrogens with two attached hydrogens (primary N) is 1. The van der Waals surface area contributed by atoms with Gasteiger partial charge in [0.2, 0.25) is 5.91 Å². The summed E-state index contributed by atoms with van der Waals surface area (Å²) in [5, 5.41) is 4.05. The van der Waals surface area contributed by atoms with Crippen molar-refractivity contribution in [3.05, 3.63) is 34.9 Å². The number of fused-ring (bicyclic) bond motifs is 2. The average Bonchev–Trinajstić information content (AvgIpc) is 2.50. The van der Waals surface area contributed by atoms with Crippen LogP contribution < -0.4 is 11.1 Å². The van der Waals surface area contributed by atoms with E-state index < -0.39 is 0 Å². The predicted molar refractivity (Wildman–Crippen MR) is 97.6 cm³/mol. The number of carbonyl (C=O) groups excluding carboxylic acids is 1. The molecule has 2 aliphatic rings. The van der Waals surface area contributed by atoms with E-state index in [9.17, 15) is 4.79 Å². The van der Waals surface area contributed by atoms with E-state index in [4.69, 9.17) is 17.3 Å². The Bertz CT molecular complexity index is 522. The van der Waals surface area contributed by atoms with Crippen molar-refractivity contribution in [2.24, 2.45) is 17.6 Å². The Balaban J connectivity index is 1.45. The van der Waals surface area contributed by atoms with Crippen molar-refractivity contribution in [2.45, 2.75) is 49.9 Å². The van der Waals surface area contributed by atoms with Crippen LogP contribution in [0.2, 0.25) is 5.02 Å². The predicted octanol–water partition coefficient (Wildman–Crippen LogP) is 3.60. The van der Waals surface area contributed by atoms with Crippen molar-refractivity contribution in [3.8, 4) is 0 Å². The number of halogens is 1. The second-order valence-electron chi connectivity index (χ2n) is 6.90. The maximum atomic E-state index is 12.3. The van der Waals surface area contributed by atoms with E-state index in [-0.39, 0.29) is 5.91 Å². The summed E-state index contributed by atoms with van der Waals surface area (Å²) >= 11 is 7.54. The fourth-order valence-corrected chi connectivity index (χ4v) is 5.02. The van der Waals surface area contributed by atoms with Gasteiger partial charge in [-0.1, -0.05) is 30.2 Å². The first-order valence-corrected chi connectivity index (χ1v) is 10.0. The van der Waals surface area contributed by atoms with Gasteiger partial charge in [-0.25, -0.2) is 0 Å². The number of nitrogens with one attached hydrogen (secondary N) is 1. The average molecular weight is 353 g/mol. The summed E-state index contributed by atoms with van der Waals surface area (Å²) in [4.78, 5) is 12.3. The van der Waals surface area contributed by atoms with Crippen LogP contribution in [-0.4, -0.2) is 23.7 Å². The second kappa shape index (κ2) is 7.91. The number of hydrogen-bond acceptors (Lipinski definition) is 3. The highest BCUT2D eigenvalue weighted by atomic mass is 35.5. The zero-order valence-electron chi connectivity index (χ0n) is 13.3. The Morgan fingerprint density at radius 3 is 2.52 bits per heavy atom. The molecule has 0 aliphatic heterocycles. The van der Waals surface area contributed by atoms with Crippen molar-refractivity contribution in [1.82, 2.24) is 5.32 Å². The van der Waals surface area contributed by atoms with Gasteiger partial charge in [0.15, 0.2) is 0 Å². The first kappa shape index (κ1) is 17.1. The van der Waals surface area contributed by atoms with Crippen LogP contribution in [0.15, 0.2) is 24.3 Å². The number of benzene rings is 1. The zero-order valence-corrected chi connectivity index (χ0v) is 14.9. The highest BCUT2D eigenvalue weighted by Crippen LogP contribution is 2.39. The van der Waals surface area contributed by atoms with Gasteiger partial charge in [-0.15, -0.1) is 11.8 Å². The van der Waals surface area contributed by atoms with Gasteiger partial charge in [0.25, 0.3) is 0 Å². The number of hydrogen-bond donors (Lipinski definition) is 2. The fourth-order valence-electron chi connectivity index (χ4n) is 4.09. The Hall–Kier alpha value is -0.710. The van der Waals surface area contributed by atoms with Crippen molar-refractivity contribution in [3.63, 3.8) is 0 Å². The number of amides is 1. The van der Waals surface area contributed by atoms with Crippen LogP contribution in [0, 0.1) is 11.8 Å². The molecule has 1 aromatic carbocycles. The van der Waals surface area contributed by atoms with E-state index >= 15 is 0 Å². The SMILES string of the molecule is NC1CC2CCCC(C1)C2NC(=O)CSCc1ccc(Cl)cc1. The van der Waals surface area contributed by atoms with Crippen LogP contribution in [0.1, 0.15) is 37.7 Å². The lowest BCUT2D eigenvalue weighted by Gasteiger charge is -2.45. The molecule has 1 amide bonds. The molecule has 0 spiro atoms. The Morgan fingerprint density at radius 1 is 1.22 bits per heavy atom. The Morgan fingerprint density at radius 2 is 1.87 bits per heavy atom. The van der Waals surface area contributed by atoms with E-state index in [1.807, 2.05) is 24.3 Å². The van der Waals surface area contributed by atoms with E-state index in [2.05, 4.69) is 5.32 Å². The van der Waals surface area contributed by atoms with Crippen LogP contribution in [0.5, 0.6) is 0 Å². The topological polar surface area (TPSA) is 55.1 Å². The van der Waals surface area contributed by atoms with Crippen LogP contribution in [0.3, 0.4) is 0 Å². The standard InChI is InChI=1S/C18H25ClN2OS/c19-15-6-4-12(5-7-15)10-23-11-17(22)21-18-13-2-1-3-14(18)9-16(20)8-13/h4-7,13-14,16,18H,1-3,8-11,20H2,(H,21,22). The number of rotatable bonds is 5. The molecule has 0 heterocycles. The minimum absolute atomic E-state index is 0.168. The van der Waals surface area contributed by atoms with Gasteiger partial charge in [-0.2, -0.15) is 0 Å². The lowest BCUT2D eigenvalue weighted by Crippen LogP contribution is -2.54. The molecule has 0 aromatic heterocycles. The van der Waals surface area contributed by atoms with Crippen molar-refractivity contribution in [2.75, 3.05) is 5.75 Å². The molecular weight excluding hydrogens is 328 g/mol. The maximum Gasteiger partial charge on any atom is 0.230 e. The molecule has 1 aromatic rings. The second-order valence-corrected chi connectivity index (χ2v) is 8.32. The normalized spacial score (nSPS) is 30.0. The van der Waals surface area contributed by atoms with E-state index in [1.54, 1.807) is 11.8 Å². The summed E-state index contributed by atoms with van der Waals surface area (Å²) in [6.45, 7) is 0. The first-order valence-electron chi connectivity index (χ1n) is 8.49. The molecule has 3 nitrogen and oxygen atoms in total. The van der Waals surface area contributed by atoms with Crippen LogP contribution in [0.4, 0.5) is 0 Å². The minimum Gasteiger partial charge on any atom is -0.352 e. The summed E-state index contributed by atoms with van der Waals surface area (Å²) in [6, 6.07) is 8.50. The summed E-state index contributed by atoms with van der Waals surface area (Å²) in [5.41, 5.74) is 7.35. The monoisotopic (exact) mass is 352 g/mol. The van der Waals surface area contributed by atoms with Crippen LogP contribution >= 0.6 is 23.4 Å². The molecule has 2 atom stereocenters. The van der Waals surface area contributed by atoms with Gasteiger partial charge in [-0.3, -0.25) is 4.79 Å². The number of carbonyl (C=O) groups is 1. The lowest BCUT2D eigenvalue weighted by atomic mass is 9.67. The highest BCUT2D eigenvalue weighted by molar-refractivity contribution is 7.99. The van der Waals surface area contributed by atoms with E-state index in [1.165, 1.54) is 24.8 Å². The highest BCUT2D eigenvalue weighted by Gasteiger charge is 2.39. The van der Waals surface area contributed by atoms with Gasteiger partial charge < -0.3 is 11.1 Å². The Kier molecular flexibility index (Phi) is 5.89. The molecule has 2 aliphatic carbocycles. The molecule has 3 N–H and O–H groups in total. The third-order valence-electron chi connectivity index (χ3n) is 5.12. The van der Waals surface area contributed by atoms with E-state index in [0.29, 0.717) is 29.7 Å². The molecular formula is C18H25ClN2OS. The molecule has 2 fully saturated rings. The summed E-state index contributed by atoms with van der Waals surface area (Å²) in [6.07, 6.45) is 5.86. The van der Waals surface area contributed by atoms with Gasteiger partial charge in [0.05, 0.1) is 5.75 Å². The zero-order chi connectivity index (χ0) is 16.2. The van der Waals surface area contributed by atoms with Crippen LogP contribution in [0.25, 0.3) is 0 Å². The fraction of sp³-hybridized carbons (Fsp3) is 0.611. The summed E-state index contributed by atoms with van der Waals surface area (Å²) < 4.78 is 0. The van der Waals surface area contributed by atoms with Crippen molar-refractivity contribution < 1.29 is 4.79 Å². The molecule has 0 radical (unpaired) electrons. The maximum absolute atomic E-state index is 12.3. The van der Waals surface area contributed by atoms with Gasteiger partial charge in [0.1, 0.15) is 0 Å². The molecule has 2 unspecified atom stereocenters. The molecule has 126 valence electrons. The minimum atomic E-state index is 0.168. The van der Waals surface area contributed by atoms with E-state index in [0.717, 1.165) is 23.6 Å². The third kappa shape index (κ3) is 4.65.